The maximum absolute atomic E-state index is 12.9. The molecule has 3 heterocycles. The number of carboxylic acid groups (broad SMARTS) is 1. The Labute approximate surface area is 156 Å². The molecule has 26 heavy (non-hydrogen) atoms. The highest BCUT2D eigenvalue weighted by Crippen LogP contribution is 2.64. The first-order valence-electron chi connectivity index (χ1n) is 8.64. The topological polar surface area (TPSA) is 108 Å². The smallest absolute Gasteiger partial charge is 0.305 e. The molecule has 1 aromatic heterocycles. The molecular weight excluding hydrogens is 376 g/mol. The number of thioether (sulfide) groups is 1. The molecule has 2 N–H and O–H groups in total. The number of imide groups is 1. The first kappa shape index (κ1) is 16.3. The monoisotopic (exact) mass is 392 g/mol. The second-order valence-corrected chi connectivity index (χ2v) is 9.44. The number of aliphatic carboxylic acids is 1. The van der Waals surface area contributed by atoms with Crippen molar-refractivity contribution in [2.45, 2.75) is 29.5 Å². The number of H-pyrrole nitrogens is 1. The summed E-state index contributed by atoms with van der Waals surface area (Å²) in [6.07, 6.45) is 3.14. The van der Waals surface area contributed by atoms with Gasteiger partial charge < -0.3 is 10.1 Å². The third-order valence-corrected chi connectivity index (χ3v) is 8.40. The van der Waals surface area contributed by atoms with Gasteiger partial charge >= 0.3 is 10.8 Å². The van der Waals surface area contributed by atoms with Crippen LogP contribution in [0.4, 0.5) is 0 Å². The van der Waals surface area contributed by atoms with Crippen molar-refractivity contribution in [3.8, 4) is 0 Å². The minimum absolute atomic E-state index is 0.0452. The number of likely N-dealkylation sites (tertiary alicyclic amines) is 1. The van der Waals surface area contributed by atoms with Crippen molar-refractivity contribution >= 4 is 47.0 Å². The van der Waals surface area contributed by atoms with Crippen molar-refractivity contribution in [3.63, 3.8) is 0 Å². The number of aromatic nitrogens is 1. The molecule has 7 nitrogen and oxygen atoms in total. The molecule has 0 spiro atoms. The number of nitrogens with zero attached hydrogens (tertiary/aromatic N) is 1. The number of hydrogen-bond acceptors (Lipinski definition) is 6. The number of fused-ring (bicyclic) bond motifs is 9. The Hall–Kier alpha value is -1.87. The van der Waals surface area contributed by atoms with Gasteiger partial charge in [0.25, 0.3) is 0 Å². The lowest BCUT2D eigenvalue weighted by atomic mass is 9.77. The van der Waals surface area contributed by atoms with Crippen LogP contribution in [-0.2, 0) is 14.4 Å². The van der Waals surface area contributed by atoms with Crippen LogP contribution in [0.5, 0.6) is 0 Å². The van der Waals surface area contributed by atoms with Gasteiger partial charge in [0.2, 0.25) is 11.8 Å². The Kier molecular flexibility index (Phi) is 3.49. The van der Waals surface area contributed by atoms with Crippen LogP contribution in [0, 0.1) is 23.7 Å². The number of nitrogens with one attached hydrogen (secondary N) is 1. The molecule has 5 atom stereocenters. The standard InChI is InChI=1S/C17H16N2O5S2/c20-10(21)2-1-3-19-15(22)11-6-4-8(12(11)16(19)23)13-7(6)5-9-14(26-13)18-17(24)25-9/h5-6,8,11-13H,1-4H2,(H,18,24)(H,20,21)/t6-,8-,11-,12+,13-/m1/s1. The molecule has 9 heteroatoms. The van der Waals surface area contributed by atoms with Gasteiger partial charge in [-0.25, -0.2) is 0 Å². The number of hydrogen-bond donors (Lipinski definition) is 2. The fourth-order valence-electron chi connectivity index (χ4n) is 5.09. The second-order valence-electron chi connectivity index (χ2n) is 7.27. The zero-order valence-electron chi connectivity index (χ0n) is 13.6. The Morgan fingerprint density at radius 2 is 2.04 bits per heavy atom. The molecule has 0 radical (unpaired) electrons. The van der Waals surface area contributed by atoms with E-state index in [-0.39, 0.29) is 58.6 Å². The van der Waals surface area contributed by atoms with E-state index in [0.717, 1.165) is 16.3 Å². The van der Waals surface area contributed by atoms with Gasteiger partial charge in [0.15, 0.2) is 0 Å². The summed E-state index contributed by atoms with van der Waals surface area (Å²) in [5, 5.41) is 9.79. The Bertz CT molecular complexity index is 932. The van der Waals surface area contributed by atoms with E-state index >= 15 is 0 Å². The number of carbonyl (C=O) groups is 3. The summed E-state index contributed by atoms with van der Waals surface area (Å²) in [6.45, 7) is 0.188. The van der Waals surface area contributed by atoms with Crippen molar-refractivity contribution in [1.82, 2.24) is 9.88 Å². The molecule has 2 amide bonds. The fraction of sp³-hybridized carbons (Fsp3) is 0.529. The highest BCUT2D eigenvalue weighted by atomic mass is 32.2. The van der Waals surface area contributed by atoms with Crippen molar-refractivity contribution in [2.24, 2.45) is 23.7 Å². The number of thiazole rings is 1. The fourth-order valence-corrected chi connectivity index (χ4v) is 7.53. The van der Waals surface area contributed by atoms with Gasteiger partial charge in [-0.05, 0) is 30.8 Å². The number of rotatable bonds is 4. The Morgan fingerprint density at radius 3 is 2.81 bits per heavy atom. The summed E-state index contributed by atoms with van der Waals surface area (Å²) in [6, 6.07) is 0. The van der Waals surface area contributed by atoms with Crippen LogP contribution >= 0.6 is 23.1 Å². The minimum Gasteiger partial charge on any atom is -0.481 e. The van der Waals surface area contributed by atoms with E-state index < -0.39 is 5.97 Å². The lowest BCUT2D eigenvalue weighted by molar-refractivity contribution is -0.142. The van der Waals surface area contributed by atoms with Crippen molar-refractivity contribution in [1.29, 1.82) is 0 Å². The molecule has 2 aliphatic carbocycles. The SMILES string of the molecule is O=C(O)CCCN1C(=O)[C@H]2[C@H]3C[C@H](C4=Cc5sc(=O)[nH]c5S[C@H]43)[C@H]2C1=O. The number of carboxylic acids is 1. The zero-order valence-corrected chi connectivity index (χ0v) is 15.3. The first-order valence-corrected chi connectivity index (χ1v) is 10.3. The van der Waals surface area contributed by atoms with Gasteiger partial charge in [-0.2, -0.15) is 0 Å². The molecular formula is C17H16N2O5S2. The molecule has 0 aromatic carbocycles. The quantitative estimate of drug-likeness (QED) is 0.750. The molecule has 2 saturated carbocycles. The van der Waals surface area contributed by atoms with Gasteiger partial charge in [-0.15, -0.1) is 0 Å². The Balaban J connectivity index is 1.43. The summed E-state index contributed by atoms with van der Waals surface area (Å²) in [5.74, 6) is -1.63. The summed E-state index contributed by atoms with van der Waals surface area (Å²) in [4.78, 5) is 53.0. The van der Waals surface area contributed by atoms with Crippen LogP contribution in [0.1, 0.15) is 24.1 Å². The molecule has 0 unspecified atom stereocenters. The molecule has 5 rings (SSSR count). The van der Waals surface area contributed by atoms with Gasteiger partial charge in [-0.3, -0.25) is 24.1 Å². The highest BCUT2D eigenvalue weighted by molar-refractivity contribution is 8.00. The van der Waals surface area contributed by atoms with Crippen LogP contribution in [0.25, 0.3) is 6.08 Å². The van der Waals surface area contributed by atoms with Crippen LogP contribution in [0.3, 0.4) is 0 Å². The van der Waals surface area contributed by atoms with Crippen molar-refractivity contribution < 1.29 is 19.5 Å². The van der Waals surface area contributed by atoms with E-state index in [1.165, 1.54) is 21.8 Å². The van der Waals surface area contributed by atoms with E-state index in [1.54, 1.807) is 11.8 Å². The highest BCUT2D eigenvalue weighted by Gasteiger charge is 2.66. The van der Waals surface area contributed by atoms with Gasteiger partial charge in [0, 0.05) is 18.2 Å². The zero-order chi connectivity index (χ0) is 18.2. The van der Waals surface area contributed by atoms with E-state index in [9.17, 15) is 19.2 Å². The summed E-state index contributed by atoms with van der Waals surface area (Å²) in [5.41, 5.74) is 1.19. The van der Waals surface area contributed by atoms with Gasteiger partial charge in [-0.1, -0.05) is 28.7 Å². The second kappa shape index (κ2) is 5.56. The number of amides is 2. The van der Waals surface area contributed by atoms with Crippen molar-refractivity contribution in [2.75, 3.05) is 6.54 Å². The molecule has 1 saturated heterocycles. The molecule has 2 aliphatic heterocycles. The van der Waals surface area contributed by atoms with E-state index in [2.05, 4.69) is 4.98 Å². The maximum Gasteiger partial charge on any atom is 0.305 e. The lowest BCUT2D eigenvalue weighted by Gasteiger charge is -2.32. The van der Waals surface area contributed by atoms with Crippen LogP contribution in [0.15, 0.2) is 15.4 Å². The molecule has 3 fully saturated rings. The summed E-state index contributed by atoms with van der Waals surface area (Å²) in [7, 11) is 0. The maximum atomic E-state index is 12.9. The van der Waals surface area contributed by atoms with E-state index in [4.69, 9.17) is 5.11 Å². The molecule has 1 aromatic rings. The summed E-state index contributed by atoms with van der Waals surface area (Å²) < 4.78 is 0. The largest absolute Gasteiger partial charge is 0.481 e. The molecule has 4 aliphatic rings. The number of aromatic amines is 1. The third kappa shape index (κ3) is 2.13. The van der Waals surface area contributed by atoms with Crippen LogP contribution in [-0.4, -0.2) is 44.6 Å². The normalized spacial score (nSPS) is 33.9. The minimum atomic E-state index is -0.919. The number of carbonyl (C=O) groups excluding carboxylic acids is 2. The Morgan fingerprint density at radius 1 is 1.27 bits per heavy atom. The van der Waals surface area contributed by atoms with Gasteiger partial charge in [0.05, 0.1) is 21.7 Å². The molecule has 2 bridgehead atoms. The van der Waals surface area contributed by atoms with E-state index in [1.807, 2.05) is 6.08 Å². The average Bonchev–Trinajstić information content (AvgIpc) is 3.28. The summed E-state index contributed by atoms with van der Waals surface area (Å²) >= 11 is 2.79. The average molecular weight is 392 g/mol. The van der Waals surface area contributed by atoms with Crippen LogP contribution in [0.2, 0.25) is 0 Å². The predicted octanol–water partition coefficient (Wildman–Crippen LogP) is 1.41. The third-order valence-electron chi connectivity index (χ3n) is 6.01. The van der Waals surface area contributed by atoms with E-state index in [0.29, 0.717) is 6.42 Å². The lowest BCUT2D eigenvalue weighted by Crippen LogP contribution is -2.35. The van der Waals surface area contributed by atoms with Crippen LogP contribution < -0.4 is 4.87 Å². The van der Waals surface area contributed by atoms with Crippen molar-refractivity contribution in [3.05, 3.63) is 20.1 Å². The van der Waals surface area contributed by atoms with Gasteiger partial charge in [0.1, 0.15) is 0 Å². The first-order chi connectivity index (χ1) is 12.5. The molecule has 136 valence electrons. The predicted molar refractivity (Wildman–Crippen MR) is 94.7 cm³/mol.